The van der Waals surface area contributed by atoms with Crippen LogP contribution in [0, 0.1) is 0 Å². The second-order valence-corrected chi connectivity index (χ2v) is 6.86. The molecule has 1 N–H and O–H groups in total. The lowest BCUT2D eigenvalue weighted by atomic mass is 10.1. The van der Waals surface area contributed by atoms with Crippen LogP contribution in [0.1, 0.15) is 11.1 Å². The number of ether oxygens (including phenoxy) is 1. The number of benzene rings is 3. The number of fused-ring (bicyclic) bond motifs is 1. The van der Waals surface area contributed by atoms with Crippen LogP contribution in [0.25, 0.3) is 16.8 Å². The lowest BCUT2D eigenvalue weighted by Gasteiger charge is -2.09. The highest BCUT2D eigenvalue weighted by Crippen LogP contribution is 2.26. The Hall–Kier alpha value is -3.05. The number of imide groups is 1. The lowest BCUT2D eigenvalue weighted by molar-refractivity contribution is -0.115. The molecule has 0 radical (unpaired) electrons. The van der Waals surface area contributed by atoms with Gasteiger partial charge >= 0.3 is 0 Å². The molecule has 0 unspecified atom stereocenters. The molecule has 2 amide bonds. The fourth-order valence-electron chi connectivity index (χ4n) is 2.81. The number of rotatable bonds is 4. The van der Waals surface area contributed by atoms with Gasteiger partial charge in [0.1, 0.15) is 12.4 Å². The maximum absolute atomic E-state index is 11.6. The standard InChI is InChI=1S/C21H15NO3S/c23-20-19(26-21(24)22-20)12-14-8-10-17(11-9-14)25-13-16-6-3-5-15-4-1-2-7-18(15)16/h1-12H,13H2,(H,22,23,24)/b19-12+. The van der Waals surface area contributed by atoms with Crippen LogP contribution in [0.2, 0.25) is 0 Å². The van der Waals surface area contributed by atoms with Gasteiger partial charge in [-0.3, -0.25) is 14.9 Å². The van der Waals surface area contributed by atoms with E-state index in [1.54, 1.807) is 6.08 Å². The summed E-state index contributed by atoms with van der Waals surface area (Å²) >= 11 is 0.912. The van der Waals surface area contributed by atoms with Crippen LogP contribution in [0.4, 0.5) is 4.79 Å². The quantitative estimate of drug-likeness (QED) is 0.682. The van der Waals surface area contributed by atoms with Gasteiger partial charge < -0.3 is 4.74 Å². The van der Waals surface area contributed by atoms with Crippen molar-refractivity contribution in [1.29, 1.82) is 0 Å². The minimum Gasteiger partial charge on any atom is -0.489 e. The van der Waals surface area contributed by atoms with E-state index in [9.17, 15) is 9.59 Å². The molecule has 1 saturated heterocycles. The number of carbonyl (C=O) groups is 2. The third-order valence-corrected chi connectivity index (χ3v) is 4.90. The highest BCUT2D eigenvalue weighted by atomic mass is 32.2. The van der Waals surface area contributed by atoms with Gasteiger partial charge in [-0.2, -0.15) is 0 Å². The van der Waals surface area contributed by atoms with Crippen molar-refractivity contribution in [2.45, 2.75) is 6.61 Å². The summed E-state index contributed by atoms with van der Waals surface area (Å²) in [5, 5.41) is 4.28. The SMILES string of the molecule is O=C1NC(=O)/C(=C\c2ccc(OCc3cccc4ccccc34)cc2)S1. The molecule has 0 saturated carbocycles. The molecule has 0 bridgehead atoms. The first-order chi connectivity index (χ1) is 12.7. The minimum atomic E-state index is -0.351. The molecular formula is C21H15NO3S. The van der Waals surface area contributed by atoms with Crippen molar-refractivity contribution in [3.63, 3.8) is 0 Å². The van der Waals surface area contributed by atoms with Crippen molar-refractivity contribution >= 4 is 39.8 Å². The number of hydrogen-bond acceptors (Lipinski definition) is 4. The third-order valence-electron chi connectivity index (χ3n) is 4.09. The van der Waals surface area contributed by atoms with Gasteiger partial charge in [-0.1, -0.05) is 54.6 Å². The largest absolute Gasteiger partial charge is 0.489 e. The Morgan fingerprint density at radius 1 is 0.923 bits per heavy atom. The maximum Gasteiger partial charge on any atom is 0.290 e. The van der Waals surface area contributed by atoms with Gasteiger partial charge in [0, 0.05) is 0 Å². The van der Waals surface area contributed by atoms with Crippen LogP contribution < -0.4 is 10.1 Å². The van der Waals surface area contributed by atoms with E-state index >= 15 is 0 Å². The van der Waals surface area contributed by atoms with Crippen molar-refractivity contribution in [2.24, 2.45) is 0 Å². The maximum atomic E-state index is 11.6. The molecule has 0 atom stereocenters. The molecule has 0 aliphatic carbocycles. The second kappa shape index (κ2) is 7.06. The fraction of sp³-hybridized carbons (Fsp3) is 0.0476. The van der Waals surface area contributed by atoms with Gasteiger partial charge in [-0.15, -0.1) is 0 Å². The van der Waals surface area contributed by atoms with Crippen LogP contribution >= 0.6 is 11.8 Å². The molecular weight excluding hydrogens is 346 g/mol. The van der Waals surface area contributed by atoms with Gasteiger partial charge in [0.25, 0.3) is 11.1 Å². The zero-order valence-corrected chi connectivity index (χ0v) is 14.6. The smallest absolute Gasteiger partial charge is 0.290 e. The van der Waals surface area contributed by atoms with Gasteiger partial charge in [-0.25, -0.2) is 0 Å². The summed E-state index contributed by atoms with van der Waals surface area (Å²) in [6.07, 6.45) is 1.69. The summed E-state index contributed by atoms with van der Waals surface area (Å²) < 4.78 is 5.90. The molecule has 3 aromatic carbocycles. The van der Waals surface area contributed by atoms with E-state index in [1.807, 2.05) is 42.5 Å². The summed E-state index contributed by atoms with van der Waals surface area (Å²) in [7, 11) is 0. The normalized spacial score (nSPS) is 15.5. The van der Waals surface area contributed by atoms with Gasteiger partial charge in [0.15, 0.2) is 0 Å². The molecule has 1 fully saturated rings. The van der Waals surface area contributed by atoms with Crippen LogP contribution in [0.15, 0.2) is 71.6 Å². The number of thioether (sulfide) groups is 1. The van der Waals surface area contributed by atoms with Crippen molar-refractivity contribution in [2.75, 3.05) is 0 Å². The molecule has 1 aliphatic heterocycles. The van der Waals surface area contributed by atoms with E-state index < -0.39 is 0 Å². The highest BCUT2D eigenvalue weighted by Gasteiger charge is 2.24. The van der Waals surface area contributed by atoms with Gasteiger partial charge in [-0.05, 0) is 51.9 Å². The summed E-state index contributed by atoms with van der Waals surface area (Å²) in [5.74, 6) is 0.399. The molecule has 4 nitrogen and oxygen atoms in total. The number of nitrogens with one attached hydrogen (secondary N) is 1. The zero-order chi connectivity index (χ0) is 17.9. The monoisotopic (exact) mass is 361 g/mol. The molecule has 0 spiro atoms. The summed E-state index contributed by atoms with van der Waals surface area (Å²) in [4.78, 5) is 23.2. The van der Waals surface area contributed by atoms with Gasteiger partial charge in [0.05, 0.1) is 4.91 Å². The van der Waals surface area contributed by atoms with E-state index in [0.717, 1.165) is 28.6 Å². The van der Waals surface area contributed by atoms with E-state index in [1.165, 1.54) is 10.8 Å². The fourth-order valence-corrected chi connectivity index (χ4v) is 3.49. The molecule has 128 valence electrons. The predicted molar refractivity (Wildman–Crippen MR) is 104 cm³/mol. The molecule has 0 aromatic heterocycles. The Bertz CT molecular complexity index is 1020. The van der Waals surface area contributed by atoms with E-state index in [2.05, 4.69) is 29.6 Å². The summed E-state index contributed by atoms with van der Waals surface area (Å²) in [5.41, 5.74) is 1.97. The van der Waals surface area contributed by atoms with E-state index in [4.69, 9.17) is 4.74 Å². The number of amides is 2. The molecule has 5 heteroatoms. The van der Waals surface area contributed by atoms with Crippen molar-refractivity contribution in [1.82, 2.24) is 5.32 Å². The first-order valence-electron chi connectivity index (χ1n) is 8.13. The lowest BCUT2D eigenvalue weighted by Crippen LogP contribution is -2.17. The van der Waals surface area contributed by atoms with Gasteiger partial charge in [0.2, 0.25) is 0 Å². The molecule has 1 heterocycles. The minimum absolute atomic E-state index is 0.337. The predicted octanol–water partition coefficient (Wildman–Crippen LogP) is 4.74. The average molecular weight is 361 g/mol. The van der Waals surface area contributed by atoms with Crippen molar-refractivity contribution in [3.05, 3.63) is 82.8 Å². The zero-order valence-electron chi connectivity index (χ0n) is 13.8. The molecule has 1 aliphatic rings. The van der Waals surface area contributed by atoms with E-state index in [0.29, 0.717) is 11.5 Å². The Labute approximate surface area is 154 Å². The topological polar surface area (TPSA) is 55.4 Å². The molecule has 4 rings (SSSR count). The summed E-state index contributed by atoms with van der Waals surface area (Å²) in [6, 6.07) is 21.8. The third kappa shape index (κ3) is 3.48. The first-order valence-corrected chi connectivity index (χ1v) is 8.95. The molecule has 3 aromatic rings. The Morgan fingerprint density at radius 2 is 1.69 bits per heavy atom. The Balaban J connectivity index is 1.47. The molecule has 26 heavy (non-hydrogen) atoms. The number of hydrogen-bond donors (Lipinski definition) is 1. The van der Waals surface area contributed by atoms with E-state index in [-0.39, 0.29) is 11.1 Å². The number of carbonyl (C=O) groups excluding carboxylic acids is 2. The second-order valence-electron chi connectivity index (χ2n) is 5.85. The van der Waals surface area contributed by atoms with Crippen molar-refractivity contribution in [3.8, 4) is 5.75 Å². The van der Waals surface area contributed by atoms with Crippen LogP contribution in [0.3, 0.4) is 0 Å². The Morgan fingerprint density at radius 3 is 2.46 bits per heavy atom. The van der Waals surface area contributed by atoms with Crippen LogP contribution in [-0.4, -0.2) is 11.1 Å². The first kappa shape index (κ1) is 16.4. The summed E-state index contributed by atoms with van der Waals surface area (Å²) in [6.45, 7) is 0.481. The van der Waals surface area contributed by atoms with Crippen LogP contribution in [0.5, 0.6) is 5.75 Å². The van der Waals surface area contributed by atoms with Crippen LogP contribution in [-0.2, 0) is 11.4 Å². The average Bonchev–Trinajstić information content (AvgIpc) is 2.98. The highest BCUT2D eigenvalue weighted by molar-refractivity contribution is 8.18. The van der Waals surface area contributed by atoms with Crippen molar-refractivity contribution < 1.29 is 14.3 Å². The Kier molecular flexibility index (Phi) is 4.46.